The standard InChI is InChI=1S/C31H38N2O12S/c1-21-9-4-2-5-10-22-19-23(34)20-25(22)26(15-16-29(37)43-21)44-28(36)14-8-13-27(35)41-17-18-42-30-31(33(38)45-32-30)46(39,40)24-11-6-3-7-12-24/h3,5-7,10-12,15-16,21-23,25-26,34H,2,4,8-9,13-14,17-20H2,1H3/b10-5+,16-15+/t21-,22+,23-,25+,26+/m0/s1. The SMILES string of the molecule is C[C@H]1CCC/C=C/[C@@H]2C[C@H](O)C[C@H]2[C@H](OC(=O)CCCC(=O)OCCOc2no[n+]([O-])c2S(=O)(=O)c2ccccc2)/C=C/C(=O)O1. The molecule has 0 bridgehead atoms. The van der Waals surface area contributed by atoms with Gasteiger partial charge < -0.3 is 29.3 Å². The molecule has 0 unspecified atom stereocenters. The smallest absolute Gasteiger partial charge is 0.415 e. The maximum Gasteiger partial charge on any atom is 0.415 e. The van der Waals surface area contributed by atoms with Crippen molar-refractivity contribution in [3.05, 3.63) is 59.8 Å². The quantitative estimate of drug-likeness (QED) is 0.121. The number of esters is 3. The number of carbonyl (C=O) groups excluding carboxylic acids is 3. The molecule has 1 aliphatic heterocycles. The lowest BCUT2D eigenvalue weighted by atomic mass is 9.89. The number of ether oxygens (including phenoxy) is 4. The van der Waals surface area contributed by atoms with Crippen molar-refractivity contribution >= 4 is 27.7 Å². The number of aromatic nitrogens is 2. The van der Waals surface area contributed by atoms with Crippen molar-refractivity contribution in [2.45, 2.75) is 86.5 Å². The molecule has 14 nitrogen and oxygen atoms in total. The van der Waals surface area contributed by atoms with Gasteiger partial charge in [0.05, 0.1) is 22.3 Å². The maximum atomic E-state index is 12.8. The number of fused-ring (bicyclic) bond motifs is 1. The number of hydrogen-bond acceptors (Lipinski definition) is 13. The van der Waals surface area contributed by atoms with Crippen LogP contribution in [0.5, 0.6) is 5.88 Å². The van der Waals surface area contributed by atoms with Gasteiger partial charge in [0.15, 0.2) is 0 Å². The number of hydrogen-bond donors (Lipinski definition) is 1. The number of allylic oxidation sites excluding steroid dienone is 2. The van der Waals surface area contributed by atoms with Crippen LogP contribution in [0.15, 0.2) is 69.2 Å². The van der Waals surface area contributed by atoms with Crippen molar-refractivity contribution in [1.29, 1.82) is 0 Å². The van der Waals surface area contributed by atoms with Gasteiger partial charge in [-0.25, -0.2) is 13.2 Å². The maximum absolute atomic E-state index is 12.8. The predicted octanol–water partition coefficient (Wildman–Crippen LogP) is 2.76. The van der Waals surface area contributed by atoms with Gasteiger partial charge in [0.25, 0.3) is 9.84 Å². The minimum atomic E-state index is -4.29. The van der Waals surface area contributed by atoms with Crippen LogP contribution in [0.2, 0.25) is 0 Å². The lowest BCUT2D eigenvalue weighted by Crippen LogP contribution is -2.31. The van der Waals surface area contributed by atoms with Crippen LogP contribution in [0.4, 0.5) is 0 Å². The molecule has 2 aliphatic rings. The van der Waals surface area contributed by atoms with Crippen LogP contribution in [-0.4, -0.2) is 68.1 Å². The van der Waals surface area contributed by atoms with Crippen molar-refractivity contribution in [1.82, 2.24) is 5.16 Å². The Kier molecular flexibility index (Phi) is 12.3. The fourth-order valence-electron chi connectivity index (χ4n) is 5.40. The lowest BCUT2D eigenvalue weighted by Gasteiger charge is -2.25. The van der Waals surface area contributed by atoms with E-state index in [4.69, 9.17) is 18.9 Å². The van der Waals surface area contributed by atoms with E-state index in [-0.39, 0.29) is 60.2 Å². The van der Waals surface area contributed by atoms with E-state index >= 15 is 0 Å². The number of carbonyl (C=O) groups is 3. The molecule has 46 heavy (non-hydrogen) atoms. The molecule has 2 heterocycles. The van der Waals surface area contributed by atoms with Crippen LogP contribution in [0.3, 0.4) is 0 Å². The van der Waals surface area contributed by atoms with Crippen molar-refractivity contribution in [3.8, 4) is 5.88 Å². The highest BCUT2D eigenvalue weighted by molar-refractivity contribution is 7.91. The molecular formula is C31H38N2O12S. The van der Waals surface area contributed by atoms with Crippen molar-refractivity contribution < 1.29 is 56.4 Å². The first-order chi connectivity index (χ1) is 22.0. The summed E-state index contributed by atoms with van der Waals surface area (Å²) < 4.78 is 51.5. The second-order valence-electron chi connectivity index (χ2n) is 11.2. The normalized spacial score (nSPS) is 25.1. The number of aliphatic hydroxyl groups excluding tert-OH is 1. The molecule has 1 N–H and O–H groups in total. The number of benzene rings is 1. The Bertz CT molecular complexity index is 1500. The van der Waals surface area contributed by atoms with Gasteiger partial charge in [0.2, 0.25) is 0 Å². The Labute approximate surface area is 266 Å². The third-order valence-electron chi connectivity index (χ3n) is 7.63. The van der Waals surface area contributed by atoms with Gasteiger partial charge in [-0.3, -0.25) is 14.2 Å². The predicted molar refractivity (Wildman–Crippen MR) is 157 cm³/mol. The van der Waals surface area contributed by atoms with Gasteiger partial charge in [-0.1, -0.05) is 30.4 Å². The van der Waals surface area contributed by atoms with Gasteiger partial charge in [-0.05, 0) is 74.5 Å². The first-order valence-corrected chi connectivity index (χ1v) is 16.6. The first kappa shape index (κ1) is 34.6. The Morgan fingerprint density at radius 2 is 1.87 bits per heavy atom. The molecule has 1 aromatic heterocycles. The summed E-state index contributed by atoms with van der Waals surface area (Å²) in [6, 6.07) is 7.19. The van der Waals surface area contributed by atoms with E-state index in [1.165, 1.54) is 36.4 Å². The molecule has 5 atom stereocenters. The number of sulfone groups is 1. The topological polar surface area (TPSA) is 195 Å². The van der Waals surface area contributed by atoms with E-state index in [9.17, 15) is 33.1 Å². The van der Waals surface area contributed by atoms with Gasteiger partial charge >= 0.3 is 28.8 Å². The molecule has 0 saturated heterocycles. The molecule has 15 heteroatoms. The number of cyclic esters (lactones) is 1. The first-order valence-electron chi connectivity index (χ1n) is 15.2. The molecule has 1 aromatic carbocycles. The number of nitrogens with zero attached hydrogens (tertiary/aromatic N) is 2. The average molecular weight is 663 g/mol. The summed E-state index contributed by atoms with van der Waals surface area (Å²) in [5.74, 6) is -2.60. The van der Waals surface area contributed by atoms with E-state index in [1.54, 1.807) is 6.07 Å². The summed E-state index contributed by atoms with van der Waals surface area (Å²) in [7, 11) is -4.29. The zero-order valence-electron chi connectivity index (χ0n) is 25.4. The summed E-state index contributed by atoms with van der Waals surface area (Å²) in [5.41, 5.74) is 0. The molecule has 2 aromatic rings. The van der Waals surface area contributed by atoms with Crippen LogP contribution in [0.25, 0.3) is 0 Å². The number of rotatable bonds is 11. The van der Waals surface area contributed by atoms with Crippen LogP contribution < -0.4 is 9.64 Å². The monoisotopic (exact) mass is 662 g/mol. The van der Waals surface area contributed by atoms with E-state index < -0.39 is 50.9 Å². The van der Waals surface area contributed by atoms with E-state index in [0.29, 0.717) is 12.8 Å². The average Bonchev–Trinajstić information content (AvgIpc) is 3.59. The fourth-order valence-corrected chi connectivity index (χ4v) is 6.70. The summed E-state index contributed by atoms with van der Waals surface area (Å²) in [6.45, 7) is 1.21. The largest absolute Gasteiger partial charge is 0.462 e. The molecule has 1 aliphatic carbocycles. The van der Waals surface area contributed by atoms with Crippen LogP contribution >= 0.6 is 0 Å². The molecule has 0 amide bonds. The van der Waals surface area contributed by atoms with Crippen molar-refractivity contribution in [2.75, 3.05) is 13.2 Å². The number of aliphatic hydroxyl groups is 1. The molecule has 0 radical (unpaired) electrons. The van der Waals surface area contributed by atoms with Gasteiger partial charge in [0, 0.05) is 24.8 Å². The Morgan fingerprint density at radius 3 is 2.65 bits per heavy atom. The second-order valence-corrected chi connectivity index (χ2v) is 13.0. The second kappa shape index (κ2) is 16.4. The third kappa shape index (κ3) is 9.63. The molecular weight excluding hydrogens is 624 g/mol. The van der Waals surface area contributed by atoms with E-state index in [0.717, 1.165) is 19.3 Å². The fraction of sp³-hybridized carbons (Fsp3) is 0.516. The summed E-state index contributed by atoms with van der Waals surface area (Å²) >= 11 is 0. The molecule has 250 valence electrons. The highest BCUT2D eigenvalue weighted by Crippen LogP contribution is 2.37. The lowest BCUT2D eigenvalue weighted by molar-refractivity contribution is -0.832. The van der Waals surface area contributed by atoms with Crippen molar-refractivity contribution in [3.63, 3.8) is 0 Å². The minimum Gasteiger partial charge on any atom is -0.462 e. The summed E-state index contributed by atoms with van der Waals surface area (Å²) in [6.07, 6.45) is 8.48. The Morgan fingerprint density at radius 1 is 1.11 bits per heavy atom. The third-order valence-corrected chi connectivity index (χ3v) is 9.36. The molecule has 1 saturated carbocycles. The zero-order valence-corrected chi connectivity index (χ0v) is 26.2. The molecule has 0 spiro atoms. The Hall–Kier alpha value is -4.24. The van der Waals surface area contributed by atoms with Gasteiger partial charge in [0.1, 0.15) is 19.3 Å². The Balaban J connectivity index is 1.24. The van der Waals surface area contributed by atoms with Crippen molar-refractivity contribution in [2.24, 2.45) is 11.8 Å². The zero-order chi connectivity index (χ0) is 33.1. The molecule has 4 rings (SSSR count). The van der Waals surface area contributed by atoms with E-state index in [2.05, 4.69) is 15.9 Å². The highest BCUT2D eigenvalue weighted by atomic mass is 32.2. The molecule has 1 fully saturated rings. The highest BCUT2D eigenvalue weighted by Gasteiger charge is 2.38. The van der Waals surface area contributed by atoms with Gasteiger partial charge in [-0.2, -0.15) is 0 Å². The minimum absolute atomic E-state index is 0.0329. The van der Waals surface area contributed by atoms with Crippen LogP contribution in [0, 0.1) is 17.0 Å². The van der Waals surface area contributed by atoms with Gasteiger partial charge in [-0.15, -0.1) is 0 Å². The summed E-state index contributed by atoms with van der Waals surface area (Å²) in [5, 5.41) is 24.8. The van der Waals surface area contributed by atoms with Crippen LogP contribution in [-0.2, 0) is 38.4 Å². The van der Waals surface area contributed by atoms with Crippen LogP contribution in [0.1, 0.15) is 58.3 Å². The summed E-state index contributed by atoms with van der Waals surface area (Å²) in [4.78, 5) is 36.8. The van der Waals surface area contributed by atoms with E-state index in [1.807, 2.05) is 13.0 Å².